The number of cyclic esters (lactones) is 2. The lowest BCUT2D eigenvalue weighted by Gasteiger charge is -2.09. The van der Waals surface area contributed by atoms with E-state index < -0.39 is 25.1 Å². The van der Waals surface area contributed by atoms with Crippen molar-refractivity contribution in [2.75, 3.05) is 13.2 Å². The molecule has 0 aliphatic carbocycles. The lowest BCUT2D eigenvalue weighted by molar-refractivity contribution is -0.174. The Bertz CT molecular complexity index is 160. The van der Waals surface area contributed by atoms with Crippen LogP contribution in [0.15, 0.2) is 0 Å². The summed E-state index contributed by atoms with van der Waals surface area (Å²) in [6.07, 6.45) is 0. The maximum absolute atomic E-state index is 10.3. The molecule has 0 radical (unpaired) electrons. The molecule has 0 N–H and O–H groups in total. The summed E-state index contributed by atoms with van der Waals surface area (Å²) in [5, 5.41) is 0. The quantitative estimate of drug-likeness (QED) is 0.388. The van der Waals surface area contributed by atoms with Gasteiger partial charge in [0.15, 0.2) is 13.2 Å². The van der Waals surface area contributed by atoms with Gasteiger partial charge in [0, 0.05) is 0 Å². The molecule has 0 aromatic rings. The van der Waals surface area contributed by atoms with Gasteiger partial charge in [-0.05, 0) is 0 Å². The molecule has 8 heavy (non-hydrogen) atoms. The first-order valence-electron chi connectivity index (χ1n) is 3.02. The minimum Gasteiger partial charge on any atom is -0.451 e. The van der Waals surface area contributed by atoms with E-state index in [1.807, 2.05) is 0 Å². The monoisotopic (exact) mass is 120 g/mol. The van der Waals surface area contributed by atoms with Crippen LogP contribution in [-0.4, -0.2) is 25.1 Å². The summed E-state index contributed by atoms with van der Waals surface area (Å²) in [6, 6.07) is 0. The van der Waals surface area contributed by atoms with Crippen LogP contribution in [0.4, 0.5) is 0 Å². The zero-order valence-corrected chi connectivity index (χ0v) is 3.79. The summed E-state index contributed by atoms with van der Waals surface area (Å²) in [5.41, 5.74) is 0. The molecule has 0 aromatic heterocycles. The van der Waals surface area contributed by atoms with Crippen LogP contribution < -0.4 is 0 Å². The Kier molecular flexibility index (Phi) is 0.695. The summed E-state index contributed by atoms with van der Waals surface area (Å²) >= 11 is 0. The van der Waals surface area contributed by atoms with E-state index in [1.54, 1.807) is 0 Å². The third kappa shape index (κ3) is 0.959. The molecule has 0 saturated carbocycles. The van der Waals surface area contributed by atoms with Crippen molar-refractivity contribution in [1.82, 2.24) is 0 Å². The third-order valence-corrected chi connectivity index (χ3v) is 0.543. The Morgan fingerprint density at radius 3 is 2.00 bits per heavy atom. The van der Waals surface area contributed by atoms with Crippen LogP contribution in [-0.2, 0) is 19.1 Å². The molecule has 1 fully saturated rings. The Morgan fingerprint density at radius 2 is 1.62 bits per heavy atom. The maximum Gasteiger partial charge on any atom is 0.344 e. The Labute approximate surface area is 48.2 Å². The van der Waals surface area contributed by atoms with Gasteiger partial charge in [-0.2, -0.15) is 0 Å². The second kappa shape index (κ2) is 1.81. The number of esters is 2. The van der Waals surface area contributed by atoms with Gasteiger partial charge < -0.3 is 9.47 Å². The van der Waals surface area contributed by atoms with E-state index in [0.29, 0.717) is 0 Å². The van der Waals surface area contributed by atoms with E-state index in [1.165, 1.54) is 0 Å². The largest absolute Gasteiger partial charge is 0.451 e. The summed E-state index contributed by atoms with van der Waals surface area (Å²) in [4.78, 5) is 20.7. The lowest BCUT2D eigenvalue weighted by atomic mass is 10.6. The highest BCUT2D eigenvalue weighted by Gasteiger charge is 2.16. The number of hydrogen-bond donors (Lipinski definition) is 0. The number of rotatable bonds is 0. The van der Waals surface area contributed by atoms with Crippen LogP contribution in [0.5, 0.6) is 0 Å². The summed E-state index contributed by atoms with van der Waals surface area (Å²) in [6.45, 7) is -3.23. The SMILES string of the molecule is [3H]C1OC(=O)C([3H])OC1=O. The first-order chi connectivity index (χ1) is 4.61. The molecule has 1 saturated heterocycles. The van der Waals surface area contributed by atoms with Gasteiger partial charge in [-0.1, -0.05) is 0 Å². The van der Waals surface area contributed by atoms with Crippen LogP contribution >= 0.6 is 0 Å². The van der Waals surface area contributed by atoms with Crippen LogP contribution in [0.3, 0.4) is 0 Å². The molecule has 1 aliphatic rings. The molecule has 0 aromatic carbocycles. The smallest absolute Gasteiger partial charge is 0.344 e. The highest BCUT2D eigenvalue weighted by atomic mass is 16.6. The van der Waals surface area contributed by atoms with Crippen LogP contribution in [0, 0.1) is 0 Å². The van der Waals surface area contributed by atoms with Crippen molar-refractivity contribution in [3.8, 4) is 0 Å². The lowest BCUT2D eigenvalue weighted by Crippen LogP contribution is -2.27. The van der Waals surface area contributed by atoms with Gasteiger partial charge in [0.1, 0.15) is 0 Å². The van der Waals surface area contributed by atoms with Gasteiger partial charge in [-0.15, -0.1) is 0 Å². The Morgan fingerprint density at radius 1 is 1.25 bits per heavy atom. The summed E-state index contributed by atoms with van der Waals surface area (Å²) < 4.78 is 21.5. The highest BCUT2D eigenvalue weighted by Crippen LogP contribution is 1.90. The molecule has 4 nitrogen and oxygen atoms in total. The molecular weight excluding hydrogens is 112 g/mol. The van der Waals surface area contributed by atoms with E-state index >= 15 is 0 Å². The van der Waals surface area contributed by atoms with Gasteiger partial charge in [0.05, 0.1) is 2.74 Å². The molecule has 4 heteroatoms. The highest BCUT2D eigenvalue weighted by molar-refractivity contribution is 5.82. The maximum atomic E-state index is 10.3. The fourth-order valence-electron chi connectivity index (χ4n) is 0.268. The van der Waals surface area contributed by atoms with Gasteiger partial charge in [-0.3, -0.25) is 0 Å². The molecule has 2 atom stereocenters. The average molecular weight is 120 g/mol. The van der Waals surface area contributed by atoms with Gasteiger partial charge in [-0.25, -0.2) is 9.59 Å². The number of ether oxygens (including phenoxy) is 2. The average Bonchev–Trinajstić information content (AvgIpc) is 1.84. The zero-order chi connectivity index (χ0) is 7.72. The molecule has 1 rings (SSSR count). The molecular formula is C4H4O4. The third-order valence-electron chi connectivity index (χ3n) is 0.543. The van der Waals surface area contributed by atoms with E-state index in [9.17, 15) is 9.59 Å². The van der Waals surface area contributed by atoms with Crippen LogP contribution in [0.2, 0.25) is 0 Å². The minimum atomic E-state index is -1.62. The van der Waals surface area contributed by atoms with Gasteiger partial charge in [0.2, 0.25) is 0 Å². The summed E-state index contributed by atoms with van der Waals surface area (Å²) in [5.74, 6) is -2.00. The van der Waals surface area contributed by atoms with E-state index in [2.05, 4.69) is 9.47 Å². The first-order valence-corrected chi connectivity index (χ1v) is 1.87. The fourth-order valence-corrected chi connectivity index (χ4v) is 0.268. The normalized spacial score (nSPS) is 41.5. The number of carbonyl (C=O) groups is 2. The van der Waals surface area contributed by atoms with Gasteiger partial charge >= 0.3 is 11.9 Å². The molecule has 0 bridgehead atoms. The Hall–Kier alpha value is -1.06. The molecule has 2 unspecified atom stereocenters. The minimum absolute atomic E-state index is 1.00. The predicted octanol–water partition coefficient (Wildman–Crippen LogP) is -0.914. The van der Waals surface area contributed by atoms with Crippen molar-refractivity contribution in [3.05, 3.63) is 0 Å². The van der Waals surface area contributed by atoms with Crippen molar-refractivity contribution in [2.24, 2.45) is 0 Å². The van der Waals surface area contributed by atoms with E-state index in [4.69, 9.17) is 2.74 Å². The molecule has 0 spiro atoms. The molecule has 44 valence electrons. The Balaban J connectivity index is 2.63. The molecule has 1 aliphatic heterocycles. The zero-order valence-electron chi connectivity index (χ0n) is 5.79. The van der Waals surface area contributed by atoms with Crippen molar-refractivity contribution >= 4 is 11.9 Å². The predicted molar refractivity (Wildman–Crippen MR) is 21.9 cm³/mol. The molecule has 0 amide bonds. The second-order valence-electron chi connectivity index (χ2n) is 1.11. The van der Waals surface area contributed by atoms with E-state index in [0.717, 1.165) is 0 Å². The van der Waals surface area contributed by atoms with Gasteiger partial charge in [0.25, 0.3) is 0 Å². The van der Waals surface area contributed by atoms with Crippen molar-refractivity contribution < 1.29 is 21.8 Å². The van der Waals surface area contributed by atoms with E-state index in [-0.39, 0.29) is 0 Å². The summed E-state index contributed by atoms with van der Waals surface area (Å²) in [7, 11) is 0. The van der Waals surface area contributed by atoms with Crippen LogP contribution in [0.1, 0.15) is 2.74 Å². The molecule has 1 heterocycles. The second-order valence-corrected chi connectivity index (χ2v) is 1.11. The van der Waals surface area contributed by atoms with Crippen LogP contribution in [0.25, 0.3) is 0 Å². The fraction of sp³-hybridized carbons (Fsp3) is 0.500. The van der Waals surface area contributed by atoms with Crippen molar-refractivity contribution in [2.45, 2.75) is 0 Å². The number of hydrogen-bond acceptors (Lipinski definition) is 4. The van der Waals surface area contributed by atoms with Crippen molar-refractivity contribution in [3.63, 3.8) is 0 Å². The number of carbonyl (C=O) groups excluding carboxylic acids is 2. The topological polar surface area (TPSA) is 52.6 Å². The first kappa shape index (κ1) is 3.06. The van der Waals surface area contributed by atoms with Crippen molar-refractivity contribution in [1.29, 1.82) is 0 Å². The standard InChI is InChI=1S/C4H4O4/c5-3-1-7-4(6)2-8-3/h1-2H2/i1T,2T.